The lowest BCUT2D eigenvalue weighted by molar-refractivity contribution is -0.138. The average molecular weight is 349 g/mol. The van der Waals surface area contributed by atoms with Gasteiger partial charge in [-0.2, -0.15) is 0 Å². The molecule has 1 aromatic carbocycles. The van der Waals surface area contributed by atoms with Crippen molar-refractivity contribution in [1.82, 2.24) is 16.0 Å². The van der Waals surface area contributed by atoms with Crippen LogP contribution in [-0.4, -0.2) is 47.9 Å². The Hall–Kier alpha value is -2.90. The fourth-order valence-electron chi connectivity index (χ4n) is 2.25. The van der Waals surface area contributed by atoms with Gasteiger partial charge in [-0.15, -0.1) is 0 Å². The van der Waals surface area contributed by atoms with Gasteiger partial charge in [-0.3, -0.25) is 19.2 Å². The number of hydrogen-bond acceptors (Lipinski definition) is 4. The molecule has 3 amide bonds. The number of aliphatic carboxylic acids is 1. The van der Waals surface area contributed by atoms with Crippen LogP contribution in [0.15, 0.2) is 30.3 Å². The molecule has 1 rings (SSSR count). The van der Waals surface area contributed by atoms with Crippen molar-refractivity contribution in [3.8, 4) is 0 Å². The summed E-state index contributed by atoms with van der Waals surface area (Å²) in [5.74, 6) is -2.47. The van der Waals surface area contributed by atoms with E-state index in [1.807, 2.05) is 6.07 Å². The number of nitrogens with one attached hydrogen (secondary N) is 3. The first-order valence-corrected chi connectivity index (χ1v) is 7.88. The van der Waals surface area contributed by atoms with E-state index in [1.54, 1.807) is 38.1 Å². The Bertz CT molecular complexity index is 604. The monoisotopic (exact) mass is 349 g/mol. The minimum Gasteiger partial charge on any atom is -0.480 e. The second kappa shape index (κ2) is 10.1. The SMILES string of the molecule is CC(C)C(NC=O)C(=O)NC(Cc1ccccc1)C(=O)NCC(=O)O. The summed E-state index contributed by atoms with van der Waals surface area (Å²) in [5.41, 5.74) is 0.808. The van der Waals surface area contributed by atoms with Gasteiger partial charge < -0.3 is 21.1 Å². The number of rotatable bonds is 10. The average Bonchev–Trinajstić information content (AvgIpc) is 2.57. The lowest BCUT2D eigenvalue weighted by Gasteiger charge is -2.24. The highest BCUT2D eigenvalue weighted by Crippen LogP contribution is 2.06. The number of hydrogen-bond donors (Lipinski definition) is 4. The summed E-state index contributed by atoms with van der Waals surface area (Å²) in [6.07, 6.45) is 0.630. The molecule has 4 N–H and O–H groups in total. The third-order valence-corrected chi connectivity index (χ3v) is 3.53. The molecule has 0 aromatic heterocycles. The van der Waals surface area contributed by atoms with Crippen molar-refractivity contribution in [1.29, 1.82) is 0 Å². The lowest BCUT2D eigenvalue weighted by Crippen LogP contribution is -2.55. The molecule has 0 radical (unpaired) electrons. The minimum atomic E-state index is -1.18. The van der Waals surface area contributed by atoms with Crippen LogP contribution in [0.25, 0.3) is 0 Å². The number of benzene rings is 1. The minimum absolute atomic E-state index is 0.176. The summed E-state index contributed by atoms with van der Waals surface area (Å²) in [7, 11) is 0. The highest BCUT2D eigenvalue weighted by Gasteiger charge is 2.27. The van der Waals surface area contributed by atoms with Crippen LogP contribution in [0.4, 0.5) is 0 Å². The fourth-order valence-corrected chi connectivity index (χ4v) is 2.25. The number of carbonyl (C=O) groups excluding carboxylic acids is 3. The largest absolute Gasteiger partial charge is 0.480 e. The molecule has 0 aliphatic heterocycles. The Morgan fingerprint density at radius 1 is 1.12 bits per heavy atom. The van der Waals surface area contributed by atoms with Gasteiger partial charge in [0.05, 0.1) is 0 Å². The van der Waals surface area contributed by atoms with Gasteiger partial charge in [-0.1, -0.05) is 44.2 Å². The van der Waals surface area contributed by atoms with E-state index < -0.39 is 36.4 Å². The van der Waals surface area contributed by atoms with Crippen LogP contribution in [-0.2, 0) is 25.6 Å². The first-order valence-electron chi connectivity index (χ1n) is 7.88. The molecule has 0 bridgehead atoms. The summed E-state index contributed by atoms with van der Waals surface area (Å²) in [5, 5.41) is 16.0. The van der Waals surface area contributed by atoms with Crippen molar-refractivity contribution in [3.63, 3.8) is 0 Å². The highest BCUT2D eigenvalue weighted by atomic mass is 16.4. The summed E-state index contributed by atoms with van der Waals surface area (Å²) in [4.78, 5) is 46.0. The molecule has 1 aromatic rings. The first-order chi connectivity index (χ1) is 11.8. The van der Waals surface area contributed by atoms with Gasteiger partial charge in [0.15, 0.2) is 0 Å². The standard InChI is InChI=1S/C17H23N3O5/c1-11(2)15(19-10-21)17(25)20-13(16(24)18-9-14(22)23)8-12-6-4-3-5-7-12/h3-7,10-11,13,15H,8-9H2,1-2H3,(H,18,24)(H,19,21)(H,20,25)(H,22,23). The third-order valence-electron chi connectivity index (χ3n) is 3.53. The van der Waals surface area contributed by atoms with Gasteiger partial charge in [-0.25, -0.2) is 0 Å². The second-order valence-corrected chi connectivity index (χ2v) is 5.87. The van der Waals surface area contributed by atoms with E-state index in [0.29, 0.717) is 6.41 Å². The number of carbonyl (C=O) groups is 4. The maximum absolute atomic E-state index is 12.4. The quantitative estimate of drug-likeness (QED) is 0.431. The van der Waals surface area contributed by atoms with Gasteiger partial charge in [0.2, 0.25) is 18.2 Å². The molecule has 0 fully saturated rings. The van der Waals surface area contributed by atoms with Gasteiger partial charge >= 0.3 is 5.97 Å². The van der Waals surface area contributed by atoms with Gasteiger partial charge in [-0.05, 0) is 11.5 Å². The van der Waals surface area contributed by atoms with E-state index in [1.165, 1.54) is 0 Å². The molecule has 2 atom stereocenters. The molecule has 0 spiro atoms. The van der Waals surface area contributed by atoms with E-state index in [-0.39, 0.29) is 12.3 Å². The molecular weight excluding hydrogens is 326 g/mol. The Morgan fingerprint density at radius 3 is 2.28 bits per heavy atom. The Morgan fingerprint density at radius 2 is 1.76 bits per heavy atom. The predicted octanol–water partition coefficient (Wildman–Crippen LogP) is -0.315. The number of carboxylic acid groups (broad SMARTS) is 1. The van der Waals surface area contributed by atoms with Crippen molar-refractivity contribution in [2.24, 2.45) is 5.92 Å². The summed E-state index contributed by atoms with van der Waals surface area (Å²) < 4.78 is 0. The van der Waals surface area contributed by atoms with Crippen LogP contribution >= 0.6 is 0 Å². The van der Waals surface area contributed by atoms with Crippen LogP contribution in [0.5, 0.6) is 0 Å². The maximum Gasteiger partial charge on any atom is 0.322 e. The van der Waals surface area contributed by atoms with E-state index in [2.05, 4.69) is 16.0 Å². The molecule has 0 saturated carbocycles. The zero-order valence-electron chi connectivity index (χ0n) is 14.2. The van der Waals surface area contributed by atoms with Crippen LogP contribution in [0, 0.1) is 5.92 Å². The Balaban J connectivity index is 2.88. The molecule has 0 saturated heterocycles. The van der Waals surface area contributed by atoms with Crippen molar-refractivity contribution in [2.75, 3.05) is 6.54 Å². The third kappa shape index (κ3) is 7.03. The Kier molecular flexibility index (Phi) is 8.11. The van der Waals surface area contributed by atoms with Crippen molar-refractivity contribution >= 4 is 24.2 Å². The van der Waals surface area contributed by atoms with Crippen LogP contribution in [0.3, 0.4) is 0 Å². The number of carboxylic acids is 1. The van der Waals surface area contributed by atoms with Crippen LogP contribution < -0.4 is 16.0 Å². The Labute approximate surface area is 146 Å². The fraction of sp³-hybridized carbons (Fsp3) is 0.412. The first kappa shape index (κ1) is 20.1. The van der Waals surface area contributed by atoms with E-state index in [9.17, 15) is 19.2 Å². The van der Waals surface area contributed by atoms with Gasteiger partial charge in [0.1, 0.15) is 18.6 Å². The molecular formula is C17H23N3O5. The molecule has 8 heteroatoms. The van der Waals surface area contributed by atoms with Crippen LogP contribution in [0.2, 0.25) is 0 Å². The van der Waals surface area contributed by atoms with E-state index in [0.717, 1.165) is 5.56 Å². The normalized spacial score (nSPS) is 12.8. The zero-order chi connectivity index (χ0) is 18.8. The molecule has 8 nitrogen and oxygen atoms in total. The van der Waals surface area contributed by atoms with E-state index in [4.69, 9.17) is 5.11 Å². The highest BCUT2D eigenvalue weighted by molar-refractivity contribution is 5.91. The zero-order valence-corrected chi connectivity index (χ0v) is 14.2. The number of amides is 3. The topological polar surface area (TPSA) is 125 Å². The summed E-state index contributed by atoms with van der Waals surface area (Å²) in [6.45, 7) is 2.98. The second-order valence-electron chi connectivity index (χ2n) is 5.87. The smallest absolute Gasteiger partial charge is 0.322 e. The van der Waals surface area contributed by atoms with Crippen molar-refractivity contribution in [3.05, 3.63) is 35.9 Å². The molecule has 0 heterocycles. The van der Waals surface area contributed by atoms with Crippen molar-refractivity contribution < 1.29 is 24.3 Å². The van der Waals surface area contributed by atoms with Crippen molar-refractivity contribution in [2.45, 2.75) is 32.4 Å². The lowest BCUT2D eigenvalue weighted by atomic mass is 10.0. The molecule has 25 heavy (non-hydrogen) atoms. The molecule has 0 aliphatic rings. The molecule has 0 aliphatic carbocycles. The maximum atomic E-state index is 12.4. The summed E-state index contributed by atoms with van der Waals surface area (Å²) >= 11 is 0. The van der Waals surface area contributed by atoms with E-state index >= 15 is 0 Å². The molecule has 2 unspecified atom stereocenters. The predicted molar refractivity (Wildman–Crippen MR) is 90.5 cm³/mol. The molecule has 136 valence electrons. The van der Waals surface area contributed by atoms with Gasteiger partial charge in [0, 0.05) is 6.42 Å². The van der Waals surface area contributed by atoms with Crippen LogP contribution in [0.1, 0.15) is 19.4 Å². The summed E-state index contributed by atoms with van der Waals surface area (Å²) in [6, 6.07) is 7.28. The van der Waals surface area contributed by atoms with Gasteiger partial charge in [0.25, 0.3) is 0 Å².